The van der Waals surface area contributed by atoms with Crippen LogP contribution in [0.25, 0.3) is 0 Å². The van der Waals surface area contributed by atoms with E-state index in [1.165, 1.54) is 19.3 Å². The van der Waals surface area contributed by atoms with Crippen LogP contribution in [-0.2, 0) is 0 Å². The number of nitrogens with one attached hydrogen (secondary N) is 1. The van der Waals surface area contributed by atoms with Gasteiger partial charge in [0, 0.05) is 32.0 Å². The minimum absolute atomic E-state index is 0. The summed E-state index contributed by atoms with van der Waals surface area (Å²) >= 11 is 0. The number of likely N-dealkylation sites (N-methyl/N-ethyl adjacent to an activating group) is 1. The second-order valence-corrected chi connectivity index (χ2v) is 4.08. The average molecular weight is 243 g/mol. The number of halogens is 1. The molecule has 0 aromatic carbocycles. The molecule has 1 atom stereocenters. The molecule has 0 bridgehead atoms. The first kappa shape index (κ1) is 13.2. The van der Waals surface area contributed by atoms with Crippen molar-refractivity contribution in [3.63, 3.8) is 0 Å². The predicted molar refractivity (Wildman–Crippen MR) is 68.2 cm³/mol. The lowest BCUT2D eigenvalue weighted by Crippen LogP contribution is -2.42. The van der Waals surface area contributed by atoms with E-state index in [0.717, 1.165) is 19.0 Å². The van der Waals surface area contributed by atoms with Gasteiger partial charge in [0.15, 0.2) is 0 Å². The van der Waals surface area contributed by atoms with E-state index in [4.69, 9.17) is 0 Å². The van der Waals surface area contributed by atoms with E-state index in [0.29, 0.717) is 6.04 Å². The fourth-order valence-electron chi connectivity index (χ4n) is 1.98. The second kappa shape index (κ2) is 6.66. The van der Waals surface area contributed by atoms with Crippen molar-refractivity contribution in [3.8, 4) is 0 Å². The SMILES string of the molecule is CN(CC1CCCCN1)c1ncccn1.Cl. The zero-order valence-electron chi connectivity index (χ0n) is 9.59. The summed E-state index contributed by atoms with van der Waals surface area (Å²) in [5.74, 6) is 0.810. The highest BCUT2D eigenvalue weighted by atomic mass is 35.5. The standard InChI is InChI=1S/C11H18N4.ClH/c1-15(11-13-7-4-8-14-11)9-10-5-2-3-6-12-10;/h4,7-8,10,12H,2-3,5-6,9H2,1H3;1H. The Hall–Kier alpha value is -0.870. The molecule has 0 saturated carbocycles. The summed E-state index contributed by atoms with van der Waals surface area (Å²) in [5, 5.41) is 3.52. The van der Waals surface area contributed by atoms with Gasteiger partial charge < -0.3 is 10.2 Å². The molecule has 4 nitrogen and oxygen atoms in total. The maximum absolute atomic E-state index is 4.23. The van der Waals surface area contributed by atoms with Crippen molar-refractivity contribution in [2.24, 2.45) is 0 Å². The van der Waals surface area contributed by atoms with Crippen LogP contribution < -0.4 is 10.2 Å². The van der Waals surface area contributed by atoms with Gasteiger partial charge in [0.25, 0.3) is 0 Å². The van der Waals surface area contributed by atoms with Crippen LogP contribution in [0.5, 0.6) is 0 Å². The molecule has 1 aliphatic heterocycles. The summed E-state index contributed by atoms with van der Waals surface area (Å²) in [7, 11) is 2.05. The lowest BCUT2D eigenvalue weighted by Gasteiger charge is -2.28. The minimum atomic E-state index is 0. The van der Waals surface area contributed by atoms with E-state index >= 15 is 0 Å². The smallest absolute Gasteiger partial charge is 0.225 e. The lowest BCUT2D eigenvalue weighted by atomic mass is 10.0. The molecule has 5 heteroatoms. The van der Waals surface area contributed by atoms with Gasteiger partial charge >= 0.3 is 0 Å². The summed E-state index contributed by atoms with van der Waals surface area (Å²) in [5.41, 5.74) is 0. The highest BCUT2D eigenvalue weighted by Crippen LogP contribution is 2.10. The van der Waals surface area contributed by atoms with Crippen LogP contribution in [0, 0.1) is 0 Å². The summed E-state index contributed by atoms with van der Waals surface area (Å²) < 4.78 is 0. The monoisotopic (exact) mass is 242 g/mol. The Kier molecular flexibility index (Phi) is 5.49. The molecule has 0 aliphatic carbocycles. The predicted octanol–water partition coefficient (Wildman–Crippen LogP) is 1.48. The molecule has 16 heavy (non-hydrogen) atoms. The van der Waals surface area contributed by atoms with Crippen molar-refractivity contribution in [2.75, 3.05) is 25.0 Å². The van der Waals surface area contributed by atoms with Gasteiger partial charge in [-0.2, -0.15) is 0 Å². The maximum Gasteiger partial charge on any atom is 0.225 e. The molecule has 1 aromatic heterocycles. The van der Waals surface area contributed by atoms with Gasteiger partial charge in [-0.05, 0) is 25.5 Å². The molecule has 0 spiro atoms. The number of piperidine rings is 1. The largest absolute Gasteiger partial charge is 0.342 e. The third kappa shape index (κ3) is 3.61. The first-order chi connectivity index (χ1) is 7.36. The van der Waals surface area contributed by atoms with Crippen LogP contribution >= 0.6 is 12.4 Å². The molecule has 90 valence electrons. The van der Waals surface area contributed by atoms with Gasteiger partial charge in [-0.1, -0.05) is 6.42 Å². The van der Waals surface area contributed by atoms with Gasteiger partial charge in [0.05, 0.1) is 0 Å². The zero-order valence-corrected chi connectivity index (χ0v) is 10.4. The Balaban J connectivity index is 0.00000128. The number of aromatic nitrogens is 2. The summed E-state index contributed by atoms with van der Waals surface area (Å²) in [6.07, 6.45) is 7.47. The topological polar surface area (TPSA) is 41.0 Å². The normalized spacial score (nSPS) is 19.9. The molecule has 0 amide bonds. The maximum atomic E-state index is 4.23. The van der Waals surface area contributed by atoms with Crippen molar-refractivity contribution in [1.82, 2.24) is 15.3 Å². The average Bonchev–Trinajstić information content (AvgIpc) is 2.31. The summed E-state index contributed by atoms with van der Waals surface area (Å²) in [4.78, 5) is 10.6. The summed E-state index contributed by atoms with van der Waals surface area (Å²) in [6, 6.07) is 2.43. The van der Waals surface area contributed by atoms with E-state index in [1.54, 1.807) is 12.4 Å². The van der Waals surface area contributed by atoms with Crippen molar-refractivity contribution in [3.05, 3.63) is 18.5 Å². The second-order valence-electron chi connectivity index (χ2n) is 4.08. The van der Waals surface area contributed by atoms with E-state index in [2.05, 4.69) is 20.2 Å². The van der Waals surface area contributed by atoms with E-state index < -0.39 is 0 Å². The zero-order chi connectivity index (χ0) is 10.5. The van der Waals surface area contributed by atoms with Gasteiger partial charge in [-0.15, -0.1) is 12.4 Å². The van der Waals surface area contributed by atoms with Crippen LogP contribution in [0.15, 0.2) is 18.5 Å². The molecule has 1 saturated heterocycles. The van der Waals surface area contributed by atoms with Crippen molar-refractivity contribution in [1.29, 1.82) is 0 Å². The number of hydrogen-bond acceptors (Lipinski definition) is 4. The lowest BCUT2D eigenvalue weighted by molar-refractivity contribution is 0.402. The van der Waals surface area contributed by atoms with Crippen LogP contribution in [0.3, 0.4) is 0 Å². The molecule has 1 unspecified atom stereocenters. The minimum Gasteiger partial charge on any atom is -0.342 e. The van der Waals surface area contributed by atoms with E-state index in [1.807, 2.05) is 13.1 Å². The van der Waals surface area contributed by atoms with E-state index in [9.17, 15) is 0 Å². The Morgan fingerprint density at radius 1 is 1.38 bits per heavy atom. The molecule has 1 aromatic rings. The molecule has 1 N–H and O–H groups in total. The molecule has 1 aliphatic rings. The van der Waals surface area contributed by atoms with Crippen molar-refractivity contribution >= 4 is 18.4 Å². The van der Waals surface area contributed by atoms with Crippen LogP contribution in [0.1, 0.15) is 19.3 Å². The number of rotatable bonds is 3. The Labute approximate surface area is 103 Å². The fraction of sp³-hybridized carbons (Fsp3) is 0.636. The van der Waals surface area contributed by atoms with Gasteiger partial charge in [0.1, 0.15) is 0 Å². The third-order valence-electron chi connectivity index (χ3n) is 2.80. The van der Waals surface area contributed by atoms with E-state index in [-0.39, 0.29) is 12.4 Å². The third-order valence-corrected chi connectivity index (χ3v) is 2.80. The molecular formula is C11H19ClN4. The first-order valence-electron chi connectivity index (χ1n) is 5.58. The van der Waals surface area contributed by atoms with Gasteiger partial charge in [0.2, 0.25) is 5.95 Å². The van der Waals surface area contributed by atoms with Crippen LogP contribution in [0.2, 0.25) is 0 Å². The molecule has 2 heterocycles. The molecular weight excluding hydrogens is 224 g/mol. The quantitative estimate of drug-likeness (QED) is 0.872. The first-order valence-corrected chi connectivity index (χ1v) is 5.58. The highest BCUT2D eigenvalue weighted by Gasteiger charge is 2.15. The van der Waals surface area contributed by atoms with Crippen molar-refractivity contribution in [2.45, 2.75) is 25.3 Å². The number of nitrogens with zero attached hydrogens (tertiary/aromatic N) is 3. The molecule has 1 fully saturated rings. The van der Waals surface area contributed by atoms with Crippen molar-refractivity contribution < 1.29 is 0 Å². The number of anilines is 1. The fourth-order valence-corrected chi connectivity index (χ4v) is 1.98. The molecule has 0 radical (unpaired) electrons. The highest BCUT2D eigenvalue weighted by molar-refractivity contribution is 5.85. The van der Waals surface area contributed by atoms with Gasteiger partial charge in [-0.3, -0.25) is 0 Å². The Morgan fingerprint density at radius 2 is 2.12 bits per heavy atom. The van der Waals surface area contributed by atoms with Crippen LogP contribution in [-0.4, -0.2) is 36.1 Å². The Bertz CT molecular complexity index is 287. The Morgan fingerprint density at radius 3 is 2.75 bits per heavy atom. The van der Waals surface area contributed by atoms with Crippen LogP contribution in [0.4, 0.5) is 5.95 Å². The number of hydrogen-bond donors (Lipinski definition) is 1. The molecule has 2 rings (SSSR count). The summed E-state index contributed by atoms with van der Waals surface area (Å²) in [6.45, 7) is 2.14. The van der Waals surface area contributed by atoms with Gasteiger partial charge in [-0.25, -0.2) is 9.97 Å².